The first-order valence-corrected chi connectivity index (χ1v) is 4.38. The van der Waals surface area contributed by atoms with Gasteiger partial charge in [0.1, 0.15) is 11.6 Å². The third-order valence-electron chi connectivity index (χ3n) is 2.17. The molecule has 4 nitrogen and oxygen atoms in total. The highest BCUT2D eigenvalue weighted by Gasteiger charge is 2.17. The topological polar surface area (TPSA) is 53.8 Å². The summed E-state index contributed by atoms with van der Waals surface area (Å²) in [6.45, 7) is 1.81. The number of anilines is 1. The predicted molar refractivity (Wildman–Crippen MR) is 54.7 cm³/mol. The molecule has 1 aliphatic rings. The number of benzene rings is 1. The van der Waals surface area contributed by atoms with Crippen molar-refractivity contribution in [2.75, 3.05) is 12.4 Å². The van der Waals surface area contributed by atoms with Gasteiger partial charge in [0.05, 0.1) is 12.8 Å². The minimum absolute atomic E-state index is 0.707. The molecule has 2 rings (SSSR count). The quantitative estimate of drug-likeness (QED) is 0.709. The van der Waals surface area contributed by atoms with Crippen LogP contribution in [0.4, 0.5) is 5.69 Å². The molecule has 0 fully saturated rings. The molecule has 0 amide bonds. The van der Waals surface area contributed by atoms with Crippen LogP contribution in [-0.4, -0.2) is 18.1 Å². The van der Waals surface area contributed by atoms with Gasteiger partial charge in [-0.2, -0.15) is 0 Å². The number of methoxy groups -OCH3 is 1. The van der Waals surface area contributed by atoms with Crippen LogP contribution in [-0.2, 0) is 0 Å². The Bertz CT molecular complexity index is 388. The van der Waals surface area contributed by atoms with Crippen LogP contribution in [0, 0.1) is 0 Å². The Morgan fingerprint density at radius 3 is 3.00 bits per heavy atom. The Hall–Kier alpha value is -1.55. The van der Waals surface area contributed by atoms with E-state index >= 15 is 0 Å². The van der Waals surface area contributed by atoms with Crippen LogP contribution in [0.1, 0.15) is 18.7 Å². The number of nitrogens with zero attached hydrogens (tertiary/aromatic N) is 1. The number of hydrogen-bond donors (Lipinski definition) is 2. The molecule has 0 bridgehead atoms. The van der Waals surface area contributed by atoms with Gasteiger partial charge in [-0.25, -0.2) is 4.99 Å². The molecule has 0 spiro atoms. The van der Waals surface area contributed by atoms with Crippen LogP contribution in [0.15, 0.2) is 23.2 Å². The van der Waals surface area contributed by atoms with E-state index in [-0.39, 0.29) is 0 Å². The maximum atomic E-state index is 9.63. The highest BCUT2D eigenvalue weighted by atomic mass is 16.5. The van der Waals surface area contributed by atoms with Crippen LogP contribution in [0.3, 0.4) is 0 Å². The molecule has 1 aromatic carbocycles. The van der Waals surface area contributed by atoms with Crippen LogP contribution in [0.5, 0.6) is 5.75 Å². The number of hydrogen-bond acceptors (Lipinski definition) is 4. The van der Waals surface area contributed by atoms with Crippen molar-refractivity contribution < 1.29 is 9.84 Å². The summed E-state index contributed by atoms with van der Waals surface area (Å²) in [5, 5.41) is 12.7. The lowest BCUT2D eigenvalue weighted by molar-refractivity contribution is 0.188. The average Bonchev–Trinajstić information content (AvgIpc) is 2.16. The van der Waals surface area contributed by atoms with E-state index in [1.165, 1.54) is 0 Å². The molecule has 0 saturated carbocycles. The van der Waals surface area contributed by atoms with Gasteiger partial charge in [0.25, 0.3) is 0 Å². The van der Waals surface area contributed by atoms with Crippen molar-refractivity contribution >= 4 is 11.5 Å². The van der Waals surface area contributed by atoms with E-state index in [1.54, 1.807) is 13.2 Å². The summed E-state index contributed by atoms with van der Waals surface area (Å²) in [5.41, 5.74) is 1.63. The number of aliphatic imine (C=N–C) groups is 1. The van der Waals surface area contributed by atoms with Gasteiger partial charge < -0.3 is 15.2 Å². The minimum Gasteiger partial charge on any atom is -0.497 e. The maximum absolute atomic E-state index is 9.63. The van der Waals surface area contributed by atoms with E-state index < -0.39 is 6.23 Å². The molecule has 0 radical (unpaired) electrons. The standard InChI is InChI=1S/C10H12N2O2/c1-6-11-9-5-7(14-2)3-4-8(9)10(13)12-6/h3-5,10,13H,1-2H3,(H,11,12). The lowest BCUT2D eigenvalue weighted by atomic mass is 10.1. The molecule has 14 heavy (non-hydrogen) atoms. The molecule has 0 saturated heterocycles. The smallest absolute Gasteiger partial charge is 0.175 e. The van der Waals surface area contributed by atoms with Gasteiger partial charge in [-0.05, 0) is 19.1 Å². The largest absolute Gasteiger partial charge is 0.497 e. The lowest BCUT2D eigenvalue weighted by Crippen LogP contribution is -2.17. The molecule has 1 heterocycles. The average molecular weight is 192 g/mol. The summed E-state index contributed by atoms with van der Waals surface area (Å²) in [7, 11) is 1.61. The zero-order chi connectivity index (χ0) is 10.1. The number of ether oxygens (including phenoxy) is 1. The van der Waals surface area contributed by atoms with E-state index in [2.05, 4.69) is 10.3 Å². The molecule has 0 aliphatic carbocycles. The number of aliphatic hydroxyl groups is 1. The van der Waals surface area contributed by atoms with E-state index in [9.17, 15) is 5.11 Å². The second kappa shape index (κ2) is 3.31. The first kappa shape index (κ1) is 9.02. The number of fused-ring (bicyclic) bond motifs is 1. The highest BCUT2D eigenvalue weighted by Crippen LogP contribution is 2.31. The second-order valence-corrected chi connectivity index (χ2v) is 3.17. The maximum Gasteiger partial charge on any atom is 0.175 e. The molecular formula is C10H12N2O2. The predicted octanol–water partition coefficient (Wildman–Crippen LogP) is 1.53. The molecular weight excluding hydrogens is 180 g/mol. The third-order valence-corrected chi connectivity index (χ3v) is 2.17. The lowest BCUT2D eigenvalue weighted by Gasteiger charge is -2.20. The van der Waals surface area contributed by atoms with Gasteiger partial charge in [-0.15, -0.1) is 0 Å². The molecule has 1 atom stereocenters. The Kier molecular flexibility index (Phi) is 2.13. The number of amidine groups is 1. The molecule has 0 aromatic heterocycles. The van der Waals surface area contributed by atoms with E-state index in [1.807, 2.05) is 19.1 Å². The van der Waals surface area contributed by atoms with Crippen molar-refractivity contribution in [1.29, 1.82) is 0 Å². The summed E-state index contributed by atoms with van der Waals surface area (Å²) in [5.74, 6) is 1.47. The van der Waals surface area contributed by atoms with Crippen molar-refractivity contribution in [3.8, 4) is 5.75 Å². The van der Waals surface area contributed by atoms with E-state index in [4.69, 9.17) is 4.74 Å². The Balaban J connectivity index is 2.44. The molecule has 2 N–H and O–H groups in total. The summed E-state index contributed by atoms with van der Waals surface area (Å²) in [6, 6.07) is 5.46. The number of aliphatic hydroxyl groups excluding tert-OH is 1. The summed E-state index contributed by atoms with van der Waals surface area (Å²) < 4.78 is 5.09. The fourth-order valence-electron chi connectivity index (χ4n) is 1.48. The van der Waals surface area contributed by atoms with Crippen molar-refractivity contribution in [3.05, 3.63) is 23.8 Å². The first-order chi connectivity index (χ1) is 6.70. The Morgan fingerprint density at radius 1 is 1.50 bits per heavy atom. The van der Waals surface area contributed by atoms with Crippen LogP contribution in [0.25, 0.3) is 0 Å². The molecule has 1 aromatic rings. The van der Waals surface area contributed by atoms with Gasteiger partial charge in [0.15, 0.2) is 6.23 Å². The molecule has 1 aliphatic heterocycles. The van der Waals surface area contributed by atoms with Crippen LogP contribution < -0.4 is 10.1 Å². The van der Waals surface area contributed by atoms with Gasteiger partial charge in [-0.3, -0.25) is 0 Å². The minimum atomic E-state index is -0.767. The Labute approximate surface area is 82.2 Å². The van der Waals surface area contributed by atoms with Gasteiger partial charge in [-0.1, -0.05) is 0 Å². The van der Waals surface area contributed by atoms with Crippen LogP contribution >= 0.6 is 0 Å². The number of rotatable bonds is 1. The summed E-state index contributed by atoms with van der Waals surface area (Å²) in [6.07, 6.45) is -0.767. The SMILES string of the molecule is COc1ccc2c(c1)NC(C)=NC2O. The number of nitrogens with one attached hydrogen (secondary N) is 1. The monoisotopic (exact) mass is 192 g/mol. The van der Waals surface area contributed by atoms with E-state index in [0.29, 0.717) is 5.84 Å². The highest BCUT2D eigenvalue weighted by molar-refractivity contribution is 5.96. The summed E-state index contributed by atoms with van der Waals surface area (Å²) >= 11 is 0. The molecule has 74 valence electrons. The fourth-order valence-corrected chi connectivity index (χ4v) is 1.48. The van der Waals surface area contributed by atoms with Crippen molar-refractivity contribution in [2.45, 2.75) is 13.2 Å². The van der Waals surface area contributed by atoms with Gasteiger partial charge in [0, 0.05) is 11.6 Å². The van der Waals surface area contributed by atoms with Crippen molar-refractivity contribution in [1.82, 2.24) is 0 Å². The molecule has 1 unspecified atom stereocenters. The first-order valence-electron chi connectivity index (χ1n) is 4.38. The van der Waals surface area contributed by atoms with Gasteiger partial charge in [0.2, 0.25) is 0 Å². The van der Waals surface area contributed by atoms with Crippen LogP contribution in [0.2, 0.25) is 0 Å². The third kappa shape index (κ3) is 1.44. The normalized spacial score (nSPS) is 19.4. The zero-order valence-corrected chi connectivity index (χ0v) is 8.11. The van der Waals surface area contributed by atoms with Crippen molar-refractivity contribution in [3.63, 3.8) is 0 Å². The van der Waals surface area contributed by atoms with E-state index in [0.717, 1.165) is 17.0 Å². The zero-order valence-electron chi connectivity index (χ0n) is 8.11. The fraction of sp³-hybridized carbons (Fsp3) is 0.300. The Morgan fingerprint density at radius 2 is 2.29 bits per heavy atom. The van der Waals surface area contributed by atoms with Gasteiger partial charge >= 0.3 is 0 Å². The summed E-state index contributed by atoms with van der Waals surface area (Å²) in [4.78, 5) is 4.00. The molecule has 4 heteroatoms. The van der Waals surface area contributed by atoms with Crippen molar-refractivity contribution in [2.24, 2.45) is 4.99 Å². The second-order valence-electron chi connectivity index (χ2n) is 3.17.